The van der Waals surface area contributed by atoms with Crippen molar-refractivity contribution >= 4 is 11.6 Å². The van der Waals surface area contributed by atoms with Crippen LogP contribution >= 0.6 is 11.6 Å². The van der Waals surface area contributed by atoms with E-state index in [2.05, 4.69) is 11.3 Å². The number of benzene rings is 1. The third-order valence-corrected chi connectivity index (χ3v) is 2.59. The van der Waals surface area contributed by atoms with Crippen LogP contribution in [-0.4, -0.2) is 0 Å². The molecular weight excluding hydrogens is 227 g/mol. The average Bonchev–Trinajstić information content (AvgIpc) is 2.26. The lowest BCUT2D eigenvalue weighted by Gasteiger charge is -2.16. The van der Waals surface area contributed by atoms with Crippen LogP contribution in [0.3, 0.4) is 0 Å². The highest BCUT2D eigenvalue weighted by Gasteiger charge is 2.13. The topological polar surface area (TPSA) is 38.0 Å². The molecule has 0 aliphatic rings. The van der Waals surface area contributed by atoms with E-state index in [1.807, 2.05) is 0 Å². The van der Waals surface area contributed by atoms with Gasteiger partial charge in [-0.3, -0.25) is 11.3 Å². The first-order valence-electron chi connectivity index (χ1n) is 5.03. The van der Waals surface area contributed by atoms with Gasteiger partial charge in [0.1, 0.15) is 5.82 Å². The SMILES string of the molecule is C#CCCCC(NN)c1ccc(Cl)cc1F. The Morgan fingerprint density at radius 2 is 2.31 bits per heavy atom. The van der Waals surface area contributed by atoms with E-state index >= 15 is 0 Å². The molecular formula is C12H14ClFN2. The number of nitrogens with two attached hydrogens (primary N) is 1. The molecule has 1 unspecified atom stereocenters. The van der Waals surface area contributed by atoms with E-state index in [1.54, 1.807) is 12.1 Å². The van der Waals surface area contributed by atoms with Crippen LogP contribution in [0, 0.1) is 18.2 Å². The molecule has 0 bridgehead atoms. The molecule has 0 heterocycles. The first-order valence-corrected chi connectivity index (χ1v) is 5.41. The second kappa shape index (κ2) is 6.49. The Kier molecular flexibility index (Phi) is 5.27. The fourth-order valence-corrected chi connectivity index (χ4v) is 1.68. The Hall–Kier alpha value is -1.08. The molecule has 0 aliphatic heterocycles. The summed E-state index contributed by atoms with van der Waals surface area (Å²) in [6.07, 6.45) is 7.30. The highest BCUT2D eigenvalue weighted by atomic mass is 35.5. The zero-order valence-electron chi connectivity index (χ0n) is 8.84. The molecule has 16 heavy (non-hydrogen) atoms. The number of halogens is 2. The zero-order chi connectivity index (χ0) is 12.0. The average molecular weight is 241 g/mol. The van der Waals surface area contributed by atoms with Crippen molar-refractivity contribution < 1.29 is 4.39 Å². The number of nitrogens with one attached hydrogen (secondary N) is 1. The van der Waals surface area contributed by atoms with Gasteiger partial charge in [-0.05, 0) is 25.0 Å². The minimum atomic E-state index is -0.351. The summed E-state index contributed by atoms with van der Waals surface area (Å²) in [5.41, 5.74) is 3.10. The van der Waals surface area contributed by atoms with Gasteiger partial charge in [-0.2, -0.15) is 0 Å². The third-order valence-electron chi connectivity index (χ3n) is 2.35. The van der Waals surface area contributed by atoms with Crippen molar-refractivity contribution in [2.45, 2.75) is 25.3 Å². The van der Waals surface area contributed by atoms with E-state index in [4.69, 9.17) is 23.9 Å². The summed E-state index contributed by atoms with van der Waals surface area (Å²) in [6, 6.07) is 4.33. The quantitative estimate of drug-likeness (QED) is 0.360. The van der Waals surface area contributed by atoms with Gasteiger partial charge < -0.3 is 0 Å². The molecule has 1 rings (SSSR count). The molecule has 0 saturated heterocycles. The second-order valence-corrected chi connectivity index (χ2v) is 3.92. The highest BCUT2D eigenvalue weighted by molar-refractivity contribution is 6.30. The maximum absolute atomic E-state index is 13.6. The van der Waals surface area contributed by atoms with Gasteiger partial charge in [-0.15, -0.1) is 12.3 Å². The fraction of sp³-hybridized carbons (Fsp3) is 0.333. The van der Waals surface area contributed by atoms with Crippen LogP contribution in [0.2, 0.25) is 5.02 Å². The molecule has 0 fully saturated rings. The van der Waals surface area contributed by atoms with E-state index in [-0.39, 0.29) is 11.9 Å². The van der Waals surface area contributed by atoms with Gasteiger partial charge in [0.15, 0.2) is 0 Å². The largest absolute Gasteiger partial charge is 0.271 e. The molecule has 0 radical (unpaired) electrons. The van der Waals surface area contributed by atoms with E-state index in [1.165, 1.54) is 6.07 Å². The molecule has 0 aromatic heterocycles. The van der Waals surface area contributed by atoms with Crippen molar-refractivity contribution in [2.24, 2.45) is 5.84 Å². The van der Waals surface area contributed by atoms with Crippen molar-refractivity contribution in [3.63, 3.8) is 0 Å². The van der Waals surface area contributed by atoms with Crippen molar-refractivity contribution in [1.82, 2.24) is 5.43 Å². The van der Waals surface area contributed by atoms with Crippen molar-refractivity contribution in [3.05, 3.63) is 34.6 Å². The van der Waals surface area contributed by atoms with Crippen LogP contribution in [0.15, 0.2) is 18.2 Å². The minimum Gasteiger partial charge on any atom is -0.271 e. The lowest BCUT2D eigenvalue weighted by Crippen LogP contribution is -2.28. The Balaban J connectivity index is 2.75. The summed E-state index contributed by atoms with van der Waals surface area (Å²) in [5, 5.41) is 0.376. The molecule has 1 atom stereocenters. The van der Waals surface area contributed by atoms with E-state index in [9.17, 15) is 4.39 Å². The first kappa shape index (κ1) is 13.0. The fourth-order valence-electron chi connectivity index (χ4n) is 1.52. The molecule has 0 aliphatic carbocycles. The third kappa shape index (κ3) is 3.49. The van der Waals surface area contributed by atoms with Crippen molar-refractivity contribution in [2.75, 3.05) is 0 Å². The molecule has 2 nitrogen and oxygen atoms in total. The summed E-state index contributed by atoms with van der Waals surface area (Å²) in [6.45, 7) is 0. The molecule has 86 valence electrons. The van der Waals surface area contributed by atoms with E-state index in [0.29, 0.717) is 23.4 Å². The number of terminal acetylenes is 1. The van der Waals surface area contributed by atoms with Crippen molar-refractivity contribution in [1.29, 1.82) is 0 Å². The molecule has 1 aromatic carbocycles. The number of unbranched alkanes of at least 4 members (excludes halogenated alkanes) is 1. The van der Waals surface area contributed by atoms with Crippen LogP contribution in [0.5, 0.6) is 0 Å². The van der Waals surface area contributed by atoms with Crippen LogP contribution in [0.25, 0.3) is 0 Å². The summed E-state index contributed by atoms with van der Waals surface area (Å²) in [4.78, 5) is 0. The minimum absolute atomic E-state index is 0.231. The lowest BCUT2D eigenvalue weighted by molar-refractivity contribution is 0.475. The monoisotopic (exact) mass is 240 g/mol. The number of hydrogen-bond acceptors (Lipinski definition) is 2. The molecule has 3 N–H and O–H groups in total. The first-order chi connectivity index (χ1) is 7.69. The van der Waals surface area contributed by atoms with Gasteiger partial charge in [-0.1, -0.05) is 17.7 Å². The van der Waals surface area contributed by atoms with Gasteiger partial charge >= 0.3 is 0 Å². The lowest BCUT2D eigenvalue weighted by atomic mass is 10.0. The highest BCUT2D eigenvalue weighted by Crippen LogP contribution is 2.23. The Morgan fingerprint density at radius 1 is 1.56 bits per heavy atom. The van der Waals surface area contributed by atoms with Gasteiger partial charge in [0, 0.05) is 23.0 Å². The Morgan fingerprint density at radius 3 is 2.88 bits per heavy atom. The van der Waals surface area contributed by atoms with Gasteiger partial charge in [0.05, 0.1) is 0 Å². The van der Waals surface area contributed by atoms with Crippen LogP contribution in [0.4, 0.5) is 4.39 Å². The Labute approximate surface area is 99.9 Å². The Bertz CT molecular complexity index is 387. The normalized spacial score (nSPS) is 12.1. The number of hydrogen-bond donors (Lipinski definition) is 2. The maximum Gasteiger partial charge on any atom is 0.129 e. The summed E-state index contributed by atoms with van der Waals surface area (Å²) < 4.78 is 13.6. The molecule has 0 spiro atoms. The predicted octanol–water partition coefficient (Wildman–Crippen LogP) is 2.79. The van der Waals surface area contributed by atoms with Crippen molar-refractivity contribution in [3.8, 4) is 12.3 Å². The molecule has 0 amide bonds. The summed E-state index contributed by atoms with van der Waals surface area (Å²) in [5.74, 6) is 7.58. The summed E-state index contributed by atoms with van der Waals surface area (Å²) >= 11 is 5.67. The van der Waals surface area contributed by atoms with Crippen LogP contribution in [-0.2, 0) is 0 Å². The van der Waals surface area contributed by atoms with Gasteiger partial charge in [-0.25, -0.2) is 4.39 Å². The second-order valence-electron chi connectivity index (χ2n) is 3.48. The van der Waals surface area contributed by atoms with Crippen LogP contribution in [0.1, 0.15) is 30.9 Å². The van der Waals surface area contributed by atoms with Gasteiger partial charge in [0.2, 0.25) is 0 Å². The smallest absolute Gasteiger partial charge is 0.129 e. The molecule has 0 saturated carbocycles. The molecule has 1 aromatic rings. The maximum atomic E-state index is 13.6. The number of hydrazine groups is 1. The predicted molar refractivity (Wildman–Crippen MR) is 64.2 cm³/mol. The summed E-state index contributed by atoms with van der Waals surface area (Å²) in [7, 11) is 0. The zero-order valence-corrected chi connectivity index (χ0v) is 9.60. The standard InChI is InChI=1S/C12H14ClFN2/c1-2-3-4-5-12(16-15)10-7-6-9(13)8-11(10)14/h1,6-8,12,16H,3-5,15H2. The molecule has 4 heteroatoms. The van der Waals surface area contributed by atoms with E-state index in [0.717, 1.165) is 6.42 Å². The number of rotatable bonds is 5. The van der Waals surface area contributed by atoms with Crippen LogP contribution < -0.4 is 11.3 Å². The van der Waals surface area contributed by atoms with E-state index < -0.39 is 0 Å². The van der Waals surface area contributed by atoms with Gasteiger partial charge in [0.25, 0.3) is 0 Å².